The Bertz CT molecular complexity index is 1010. The van der Waals surface area contributed by atoms with Gasteiger partial charge in [-0.1, -0.05) is 24.3 Å². The molecule has 0 N–H and O–H groups in total. The molecule has 0 amide bonds. The van der Waals surface area contributed by atoms with Crippen LogP contribution in [0.3, 0.4) is 0 Å². The summed E-state index contributed by atoms with van der Waals surface area (Å²) in [5.74, 6) is 0. The van der Waals surface area contributed by atoms with Crippen LogP contribution in [-0.4, -0.2) is 0 Å². The summed E-state index contributed by atoms with van der Waals surface area (Å²) in [4.78, 5) is 25.1. The zero-order valence-corrected chi connectivity index (χ0v) is 11.9. The summed E-state index contributed by atoms with van der Waals surface area (Å²) >= 11 is 3.03. The fourth-order valence-corrected chi connectivity index (χ4v) is 4.88. The van der Waals surface area contributed by atoms with E-state index in [4.69, 9.17) is 0 Å². The Balaban J connectivity index is 2.38. The summed E-state index contributed by atoms with van der Waals surface area (Å²) in [6.07, 6.45) is 0. The molecule has 0 atom stereocenters. The van der Waals surface area contributed by atoms with E-state index in [9.17, 15) is 9.59 Å². The molecule has 0 fully saturated rings. The van der Waals surface area contributed by atoms with Gasteiger partial charge in [-0.2, -0.15) is 0 Å². The largest absolute Gasteiger partial charge is 0.288 e. The summed E-state index contributed by atoms with van der Waals surface area (Å²) in [5.41, 5.74) is -0.303. The van der Waals surface area contributed by atoms with Crippen LogP contribution in [-0.2, 0) is 0 Å². The zero-order chi connectivity index (χ0) is 13.7. The summed E-state index contributed by atoms with van der Waals surface area (Å²) < 4.78 is 2.66. The van der Waals surface area contributed by atoms with Gasteiger partial charge in [-0.25, -0.2) is 0 Å². The van der Waals surface area contributed by atoms with Crippen LogP contribution in [0.15, 0.2) is 58.1 Å². The van der Waals surface area contributed by atoms with Crippen molar-refractivity contribution in [3.05, 3.63) is 69.0 Å². The van der Waals surface area contributed by atoms with Crippen molar-refractivity contribution in [2.45, 2.75) is 0 Å². The minimum Gasteiger partial charge on any atom is -0.288 e. The number of rotatable bonds is 0. The molecule has 0 bridgehead atoms. The lowest BCUT2D eigenvalue weighted by Gasteiger charge is -2.01. The topological polar surface area (TPSA) is 34.1 Å². The molecule has 0 aliphatic carbocycles. The zero-order valence-electron chi connectivity index (χ0n) is 10.3. The highest BCUT2D eigenvalue weighted by atomic mass is 32.2. The van der Waals surface area contributed by atoms with E-state index in [2.05, 4.69) is 0 Å². The first-order valence-electron chi connectivity index (χ1n) is 6.13. The van der Waals surface area contributed by atoms with Gasteiger partial charge in [0.25, 0.3) is 0 Å². The summed E-state index contributed by atoms with van der Waals surface area (Å²) in [6, 6.07) is 14.9. The Hall–Kier alpha value is -2.04. The van der Waals surface area contributed by atoms with Crippen LogP contribution >= 0.6 is 22.7 Å². The number of hydrogen-bond acceptors (Lipinski definition) is 4. The molecule has 0 aliphatic heterocycles. The summed E-state index contributed by atoms with van der Waals surface area (Å²) in [5, 5.41) is 1.59. The predicted octanol–water partition coefficient (Wildman–Crippen LogP) is 3.99. The van der Waals surface area contributed by atoms with Crippen molar-refractivity contribution in [3.63, 3.8) is 0 Å². The highest BCUT2D eigenvalue weighted by Crippen LogP contribution is 2.29. The predicted molar refractivity (Wildman–Crippen MR) is 87.3 cm³/mol. The second-order valence-electron chi connectivity index (χ2n) is 4.52. The van der Waals surface area contributed by atoms with Crippen molar-refractivity contribution >= 4 is 52.2 Å². The van der Waals surface area contributed by atoms with Gasteiger partial charge in [-0.3, -0.25) is 9.59 Å². The van der Waals surface area contributed by atoms with E-state index in [1.54, 1.807) is 12.1 Å². The van der Waals surface area contributed by atoms with Crippen molar-refractivity contribution in [3.8, 4) is 0 Å². The van der Waals surface area contributed by atoms with Gasteiger partial charge in [0, 0.05) is 20.2 Å². The minimum atomic E-state index is -0.152. The molecular weight excluding hydrogens is 288 g/mol. The Morgan fingerprint density at radius 3 is 1.60 bits per heavy atom. The molecule has 0 aliphatic rings. The van der Waals surface area contributed by atoms with E-state index in [0.717, 1.165) is 13.4 Å². The van der Waals surface area contributed by atoms with Crippen molar-refractivity contribution in [1.82, 2.24) is 0 Å². The van der Waals surface area contributed by atoms with Gasteiger partial charge in [0.2, 0.25) is 10.9 Å². The SMILES string of the molecule is O=c1c2ccccc2sc2sc3ccccc3c(=O)c12. The molecule has 0 saturated heterocycles. The van der Waals surface area contributed by atoms with Crippen LogP contribution < -0.4 is 10.9 Å². The molecule has 2 aromatic carbocycles. The molecule has 2 aromatic heterocycles. The quantitative estimate of drug-likeness (QED) is 0.460. The highest BCUT2D eigenvalue weighted by Gasteiger charge is 2.12. The van der Waals surface area contributed by atoms with E-state index in [1.807, 2.05) is 36.4 Å². The Morgan fingerprint density at radius 1 is 0.650 bits per heavy atom. The van der Waals surface area contributed by atoms with E-state index in [0.29, 0.717) is 16.2 Å². The van der Waals surface area contributed by atoms with Crippen LogP contribution in [0.4, 0.5) is 0 Å². The van der Waals surface area contributed by atoms with Gasteiger partial charge in [0.1, 0.15) is 0 Å². The lowest BCUT2D eigenvalue weighted by molar-refractivity contribution is 1.72. The van der Waals surface area contributed by atoms with Crippen molar-refractivity contribution < 1.29 is 0 Å². The van der Waals surface area contributed by atoms with Gasteiger partial charge in [0.15, 0.2) is 0 Å². The molecule has 2 nitrogen and oxygen atoms in total. The lowest BCUT2D eigenvalue weighted by atomic mass is 10.2. The van der Waals surface area contributed by atoms with Crippen molar-refractivity contribution in [2.24, 2.45) is 0 Å². The van der Waals surface area contributed by atoms with Gasteiger partial charge < -0.3 is 0 Å². The molecule has 20 heavy (non-hydrogen) atoms. The summed E-state index contributed by atoms with van der Waals surface area (Å²) in [7, 11) is 0. The average molecular weight is 296 g/mol. The first-order valence-corrected chi connectivity index (χ1v) is 7.76. The van der Waals surface area contributed by atoms with Crippen LogP contribution in [0, 0.1) is 0 Å². The van der Waals surface area contributed by atoms with E-state index in [1.165, 1.54) is 22.7 Å². The smallest absolute Gasteiger partial charge is 0.200 e. The van der Waals surface area contributed by atoms with Crippen LogP contribution in [0.1, 0.15) is 0 Å². The van der Waals surface area contributed by atoms with Crippen molar-refractivity contribution in [2.75, 3.05) is 0 Å². The molecule has 0 unspecified atom stereocenters. The molecule has 4 rings (SSSR count). The maximum absolute atomic E-state index is 12.6. The third-order valence-corrected chi connectivity index (χ3v) is 5.76. The fourth-order valence-electron chi connectivity index (χ4n) is 2.37. The molecule has 4 heteroatoms. The monoisotopic (exact) mass is 296 g/mol. The molecule has 2 heterocycles. The fraction of sp³-hybridized carbons (Fsp3) is 0. The third-order valence-electron chi connectivity index (χ3n) is 3.33. The molecule has 4 aromatic rings. The normalized spacial score (nSPS) is 11.4. The standard InChI is InChI=1S/C16H8O2S2/c17-14-9-5-1-3-7-11(9)19-16-13(14)15(18)10-6-2-4-8-12(10)20-16/h1-8H. The second kappa shape index (κ2) is 4.23. The Kier molecular flexibility index (Phi) is 2.49. The van der Waals surface area contributed by atoms with Crippen LogP contribution in [0.2, 0.25) is 0 Å². The lowest BCUT2D eigenvalue weighted by Crippen LogP contribution is -2.12. The molecular formula is C16H8O2S2. The van der Waals surface area contributed by atoms with Crippen LogP contribution in [0.25, 0.3) is 29.6 Å². The average Bonchev–Trinajstić information content (AvgIpc) is 2.47. The minimum absolute atomic E-state index is 0.152. The Labute approximate surface area is 121 Å². The number of hydrogen-bond donors (Lipinski definition) is 0. The first-order chi connectivity index (χ1) is 9.75. The number of fused-ring (bicyclic) bond motifs is 3. The highest BCUT2D eigenvalue weighted by molar-refractivity contribution is 7.42. The van der Waals surface area contributed by atoms with Gasteiger partial charge >= 0.3 is 0 Å². The maximum Gasteiger partial charge on any atom is 0.200 e. The van der Waals surface area contributed by atoms with Gasteiger partial charge in [-0.15, -0.1) is 22.7 Å². The maximum atomic E-state index is 12.6. The van der Waals surface area contributed by atoms with E-state index >= 15 is 0 Å². The van der Waals surface area contributed by atoms with E-state index < -0.39 is 0 Å². The first kappa shape index (κ1) is 11.8. The summed E-state index contributed by atoms with van der Waals surface area (Å²) in [6.45, 7) is 0. The Morgan fingerprint density at radius 2 is 1.10 bits per heavy atom. The van der Waals surface area contributed by atoms with Gasteiger partial charge in [-0.05, 0) is 24.3 Å². The molecule has 0 saturated carbocycles. The second-order valence-corrected chi connectivity index (χ2v) is 6.88. The van der Waals surface area contributed by atoms with E-state index in [-0.39, 0.29) is 10.9 Å². The third kappa shape index (κ3) is 1.55. The molecule has 96 valence electrons. The molecule has 0 spiro atoms. The van der Waals surface area contributed by atoms with Crippen LogP contribution in [0.5, 0.6) is 0 Å². The van der Waals surface area contributed by atoms with Gasteiger partial charge in [0.05, 0.1) is 9.40 Å². The molecule has 0 radical (unpaired) electrons. The number of benzene rings is 2. The van der Waals surface area contributed by atoms with Crippen molar-refractivity contribution in [1.29, 1.82) is 0 Å².